The van der Waals surface area contributed by atoms with Crippen molar-refractivity contribution in [3.05, 3.63) is 65.5 Å². The van der Waals surface area contributed by atoms with Crippen LogP contribution in [0.2, 0.25) is 0 Å². The van der Waals surface area contributed by atoms with Crippen LogP contribution in [0.5, 0.6) is 0 Å². The van der Waals surface area contributed by atoms with Gasteiger partial charge >= 0.3 is 0 Å². The molecule has 4 nitrogen and oxygen atoms in total. The molecule has 134 valence electrons. The number of halogens is 1. The molecule has 1 saturated heterocycles. The standard InChI is InChI=1S/C21H21FN2O2/c22-17-9-5-14(6-10-17)19-2-1-13-24(19)21(26)16-7-11-18(12-8-16)23-20(25)15-3-4-15/h5-12,15,19H,1-4,13H2,(H,23,25). The molecule has 1 heterocycles. The second kappa shape index (κ2) is 6.90. The first-order valence-corrected chi connectivity index (χ1v) is 9.09. The van der Waals surface area contributed by atoms with E-state index in [1.54, 1.807) is 36.4 Å². The van der Waals surface area contributed by atoms with Gasteiger partial charge in [-0.3, -0.25) is 9.59 Å². The van der Waals surface area contributed by atoms with Crippen LogP contribution in [0, 0.1) is 11.7 Å². The highest BCUT2D eigenvalue weighted by atomic mass is 19.1. The number of amides is 2. The van der Waals surface area contributed by atoms with Gasteiger partial charge in [-0.05, 0) is 67.6 Å². The summed E-state index contributed by atoms with van der Waals surface area (Å²) in [6.45, 7) is 0.695. The Hall–Kier alpha value is -2.69. The van der Waals surface area contributed by atoms with Crippen LogP contribution in [0.15, 0.2) is 48.5 Å². The Morgan fingerprint density at radius 1 is 0.962 bits per heavy atom. The van der Waals surface area contributed by atoms with Gasteiger partial charge in [0, 0.05) is 23.7 Å². The zero-order valence-corrected chi connectivity index (χ0v) is 14.5. The van der Waals surface area contributed by atoms with E-state index in [0.717, 1.165) is 36.9 Å². The molecule has 1 N–H and O–H groups in total. The van der Waals surface area contributed by atoms with Gasteiger partial charge in [-0.2, -0.15) is 0 Å². The zero-order valence-electron chi connectivity index (χ0n) is 14.5. The fourth-order valence-electron chi connectivity index (χ4n) is 3.49. The van der Waals surface area contributed by atoms with Crippen LogP contribution in [-0.4, -0.2) is 23.3 Å². The smallest absolute Gasteiger partial charge is 0.254 e. The lowest BCUT2D eigenvalue weighted by Gasteiger charge is -2.25. The van der Waals surface area contributed by atoms with E-state index in [2.05, 4.69) is 5.32 Å². The molecule has 2 aliphatic rings. The van der Waals surface area contributed by atoms with Crippen LogP contribution in [0.25, 0.3) is 0 Å². The normalized spacial score (nSPS) is 19.4. The third kappa shape index (κ3) is 3.47. The average molecular weight is 352 g/mol. The van der Waals surface area contributed by atoms with Gasteiger partial charge in [0.25, 0.3) is 5.91 Å². The van der Waals surface area contributed by atoms with Crippen LogP contribution in [0.3, 0.4) is 0 Å². The molecule has 26 heavy (non-hydrogen) atoms. The molecule has 0 bridgehead atoms. The second-order valence-corrected chi connectivity index (χ2v) is 7.05. The molecule has 4 rings (SSSR count). The number of anilines is 1. The maximum atomic E-state index is 13.2. The van der Waals surface area contributed by atoms with Crippen molar-refractivity contribution in [3.8, 4) is 0 Å². The molecule has 1 atom stereocenters. The maximum absolute atomic E-state index is 13.2. The molecule has 2 aromatic carbocycles. The predicted octanol–water partition coefficient (Wildman–Crippen LogP) is 4.15. The molecule has 0 spiro atoms. The molecule has 0 aromatic heterocycles. The minimum atomic E-state index is -0.270. The predicted molar refractivity (Wildman–Crippen MR) is 97.2 cm³/mol. The van der Waals surface area contributed by atoms with Gasteiger partial charge in [0.2, 0.25) is 5.91 Å². The molecule has 2 fully saturated rings. The third-order valence-corrected chi connectivity index (χ3v) is 5.12. The fourth-order valence-corrected chi connectivity index (χ4v) is 3.49. The second-order valence-electron chi connectivity index (χ2n) is 7.05. The summed E-state index contributed by atoms with van der Waals surface area (Å²) in [6, 6.07) is 13.4. The van der Waals surface area contributed by atoms with E-state index in [-0.39, 0.29) is 29.6 Å². The van der Waals surface area contributed by atoms with Gasteiger partial charge < -0.3 is 10.2 Å². The highest BCUT2D eigenvalue weighted by Gasteiger charge is 2.31. The molecule has 1 unspecified atom stereocenters. The van der Waals surface area contributed by atoms with E-state index < -0.39 is 0 Å². The third-order valence-electron chi connectivity index (χ3n) is 5.12. The highest BCUT2D eigenvalue weighted by Crippen LogP contribution is 2.33. The Balaban J connectivity index is 1.47. The molecule has 5 heteroatoms. The average Bonchev–Trinajstić information content (AvgIpc) is 3.40. The minimum Gasteiger partial charge on any atom is -0.332 e. The molecular weight excluding hydrogens is 331 g/mol. The summed E-state index contributed by atoms with van der Waals surface area (Å²) in [6.07, 6.45) is 3.74. The number of hydrogen-bond donors (Lipinski definition) is 1. The summed E-state index contributed by atoms with van der Waals surface area (Å²) < 4.78 is 13.2. The van der Waals surface area contributed by atoms with Crippen LogP contribution in [-0.2, 0) is 4.79 Å². The molecule has 1 aliphatic heterocycles. The van der Waals surface area contributed by atoms with Crippen LogP contribution in [0.1, 0.15) is 47.6 Å². The Morgan fingerprint density at radius 3 is 2.31 bits per heavy atom. The Morgan fingerprint density at radius 2 is 1.65 bits per heavy atom. The monoisotopic (exact) mass is 352 g/mol. The van der Waals surface area contributed by atoms with Crippen molar-refractivity contribution in [2.24, 2.45) is 5.92 Å². The first-order chi connectivity index (χ1) is 12.6. The van der Waals surface area contributed by atoms with Gasteiger partial charge in [0.1, 0.15) is 5.82 Å². The number of carbonyl (C=O) groups is 2. The van der Waals surface area contributed by atoms with Crippen molar-refractivity contribution >= 4 is 17.5 Å². The van der Waals surface area contributed by atoms with Crippen molar-refractivity contribution < 1.29 is 14.0 Å². The van der Waals surface area contributed by atoms with E-state index in [0.29, 0.717) is 12.1 Å². The van der Waals surface area contributed by atoms with Gasteiger partial charge in [-0.1, -0.05) is 12.1 Å². The van der Waals surface area contributed by atoms with Crippen LogP contribution in [0.4, 0.5) is 10.1 Å². The van der Waals surface area contributed by atoms with Gasteiger partial charge in [-0.25, -0.2) is 4.39 Å². The number of nitrogens with one attached hydrogen (secondary N) is 1. The fraction of sp³-hybridized carbons (Fsp3) is 0.333. The van der Waals surface area contributed by atoms with Gasteiger partial charge in [-0.15, -0.1) is 0 Å². The van der Waals surface area contributed by atoms with Crippen molar-refractivity contribution in [2.45, 2.75) is 31.7 Å². The molecule has 2 amide bonds. The lowest BCUT2D eigenvalue weighted by molar-refractivity contribution is -0.117. The highest BCUT2D eigenvalue weighted by molar-refractivity contribution is 5.97. The van der Waals surface area contributed by atoms with Crippen molar-refractivity contribution in [1.29, 1.82) is 0 Å². The van der Waals surface area contributed by atoms with Crippen molar-refractivity contribution in [1.82, 2.24) is 4.90 Å². The summed E-state index contributed by atoms with van der Waals surface area (Å²) in [5.74, 6) is -0.0947. The molecule has 0 radical (unpaired) electrons. The van der Waals surface area contributed by atoms with Crippen LogP contribution < -0.4 is 5.32 Å². The Labute approximate surface area is 152 Å². The van der Waals surface area contributed by atoms with Gasteiger partial charge in [0.05, 0.1) is 6.04 Å². The van der Waals surface area contributed by atoms with Crippen molar-refractivity contribution in [3.63, 3.8) is 0 Å². The SMILES string of the molecule is O=C(Nc1ccc(C(=O)N2CCCC2c2ccc(F)cc2)cc1)C1CC1. The lowest BCUT2D eigenvalue weighted by Crippen LogP contribution is -2.30. The largest absolute Gasteiger partial charge is 0.332 e. The first kappa shape index (κ1) is 16.8. The van der Waals surface area contributed by atoms with E-state index in [1.165, 1.54) is 12.1 Å². The number of hydrogen-bond acceptors (Lipinski definition) is 2. The Kier molecular flexibility index (Phi) is 4.45. The summed E-state index contributed by atoms with van der Waals surface area (Å²) in [7, 11) is 0. The number of carbonyl (C=O) groups excluding carboxylic acids is 2. The van der Waals surface area contributed by atoms with E-state index in [4.69, 9.17) is 0 Å². The maximum Gasteiger partial charge on any atom is 0.254 e. The van der Waals surface area contributed by atoms with E-state index in [9.17, 15) is 14.0 Å². The number of likely N-dealkylation sites (tertiary alicyclic amines) is 1. The first-order valence-electron chi connectivity index (χ1n) is 9.09. The minimum absolute atomic E-state index is 0.0163. The lowest BCUT2D eigenvalue weighted by atomic mass is 10.0. The Bertz CT molecular complexity index is 813. The van der Waals surface area contributed by atoms with Crippen molar-refractivity contribution in [2.75, 3.05) is 11.9 Å². The quantitative estimate of drug-likeness (QED) is 0.899. The number of rotatable bonds is 4. The molecular formula is C21H21FN2O2. The summed E-state index contributed by atoms with van der Waals surface area (Å²) in [5, 5.41) is 2.88. The molecule has 1 saturated carbocycles. The zero-order chi connectivity index (χ0) is 18.1. The van der Waals surface area contributed by atoms with Crippen LogP contribution >= 0.6 is 0 Å². The summed E-state index contributed by atoms with van der Waals surface area (Å²) >= 11 is 0. The summed E-state index contributed by atoms with van der Waals surface area (Å²) in [4.78, 5) is 26.6. The van der Waals surface area contributed by atoms with Gasteiger partial charge in [0.15, 0.2) is 0 Å². The number of nitrogens with zero attached hydrogens (tertiary/aromatic N) is 1. The van der Waals surface area contributed by atoms with E-state index in [1.807, 2.05) is 4.90 Å². The van der Waals surface area contributed by atoms with E-state index >= 15 is 0 Å². The topological polar surface area (TPSA) is 49.4 Å². The molecule has 1 aliphatic carbocycles. The summed E-state index contributed by atoms with van der Waals surface area (Å²) in [5.41, 5.74) is 2.28. The number of benzene rings is 2. The molecule has 2 aromatic rings.